The first kappa shape index (κ1) is 15.8. The van der Waals surface area contributed by atoms with Crippen LogP contribution in [0.1, 0.15) is 0 Å². The highest BCUT2D eigenvalue weighted by atomic mass is 19.1. The number of hydrogen-bond acceptors (Lipinski definition) is 4. The number of pyridine rings is 1. The number of aromatic nitrogens is 1. The molecule has 1 aromatic carbocycles. The van der Waals surface area contributed by atoms with E-state index in [0.717, 1.165) is 5.56 Å². The zero-order chi connectivity index (χ0) is 17.6. The van der Waals surface area contributed by atoms with Crippen LogP contribution in [0.4, 0.5) is 20.7 Å². The van der Waals surface area contributed by atoms with E-state index in [4.69, 9.17) is 5.73 Å². The highest BCUT2D eigenvalue weighted by Crippen LogP contribution is 2.51. The van der Waals surface area contributed by atoms with E-state index in [9.17, 15) is 14.3 Å². The number of nitrogens with one attached hydrogen (secondary N) is 1. The SMILES string of the molecule is Nc1ccc(-c2ccc(F)cc2)nc1NC(=O)N1C[C@@H]2C(CO)[C@@H]2C1. The van der Waals surface area contributed by atoms with Crippen LogP contribution in [0.15, 0.2) is 36.4 Å². The maximum Gasteiger partial charge on any atom is 0.323 e. The number of fused-ring (bicyclic) bond motifs is 1. The number of hydrogen-bond donors (Lipinski definition) is 3. The Morgan fingerprint density at radius 2 is 1.92 bits per heavy atom. The molecule has 130 valence electrons. The second-order valence-corrected chi connectivity index (χ2v) is 6.65. The van der Waals surface area contributed by atoms with Crippen LogP contribution in [0.25, 0.3) is 11.3 Å². The van der Waals surface area contributed by atoms with Crippen LogP contribution in [0.3, 0.4) is 0 Å². The van der Waals surface area contributed by atoms with E-state index in [1.54, 1.807) is 29.2 Å². The molecule has 1 saturated carbocycles. The number of piperidine rings is 1. The van der Waals surface area contributed by atoms with Gasteiger partial charge in [-0.25, -0.2) is 14.2 Å². The Morgan fingerprint density at radius 3 is 2.56 bits per heavy atom. The number of anilines is 2. The molecule has 1 aliphatic heterocycles. The van der Waals surface area contributed by atoms with Gasteiger partial charge in [-0.3, -0.25) is 5.32 Å². The van der Waals surface area contributed by atoms with Gasteiger partial charge in [-0.1, -0.05) is 0 Å². The minimum Gasteiger partial charge on any atom is -0.396 e. The molecule has 6 nitrogen and oxygen atoms in total. The fourth-order valence-electron chi connectivity index (χ4n) is 3.62. The number of likely N-dealkylation sites (tertiary alicyclic amines) is 1. The molecule has 2 aromatic rings. The highest BCUT2D eigenvalue weighted by Gasteiger charge is 2.56. The van der Waals surface area contributed by atoms with Crippen molar-refractivity contribution in [3.63, 3.8) is 0 Å². The van der Waals surface area contributed by atoms with Crippen LogP contribution in [0.5, 0.6) is 0 Å². The molecule has 2 amide bonds. The second-order valence-electron chi connectivity index (χ2n) is 6.65. The first-order valence-electron chi connectivity index (χ1n) is 8.26. The number of benzene rings is 1. The summed E-state index contributed by atoms with van der Waals surface area (Å²) < 4.78 is 13.1. The molecule has 1 saturated heterocycles. The van der Waals surface area contributed by atoms with Crippen LogP contribution < -0.4 is 11.1 Å². The van der Waals surface area contributed by atoms with Gasteiger partial charge < -0.3 is 15.7 Å². The normalized spacial score (nSPS) is 24.1. The number of carbonyl (C=O) groups excluding carboxylic acids is 1. The molecule has 1 unspecified atom stereocenters. The lowest BCUT2D eigenvalue weighted by atomic mass is 10.1. The summed E-state index contributed by atoms with van der Waals surface area (Å²) in [7, 11) is 0. The van der Waals surface area contributed by atoms with Crippen molar-refractivity contribution >= 4 is 17.5 Å². The van der Waals surface area contributed by atoms with Gasteiger partial charge in [0.1, 0.15) is 5.82 Å². The smallest absolute Gasteiger partial charge is 0.323 e. The first-order valence-corrected chi connectivity index (χ1v) is 8.26. The van der Waals surface area contributed by atoms with E-state index >= 15 is 0 Å². The number of nitrogens with zero attached hydrogens (tertiary/aromatic N) is 2. The molecule has 2 fully saturated rings. The monoisotopic (exact) mass is 342 g/mol. The van der Waals surface area contributed by atoms with Crippen molar-refractivity contribution in [2.75, 3.05) is 30.7 Å². The lowest BCUT2D eigenvalue weighted by Gasteiger charge is -2.20. The molecule has 0 spiro atoms. The molecular weight excluding hydrogens is 323 g/mol. The van der Waals surface area contributed by atoms with Crippen LogP contribution >= 0.6 is 0 Å². The van der Waals surface area contributed by atoms with E-state index in [2.05, 4.69) is 10.3 Å². The maximum absolute atomic E-state index is 13.1. The summed E-state index contributed by atoms with van der Waals surface area (Å²) in [5, 5.41) is 12.0. The van der Waals surface area contributed by atoms with Gasteiger partial charge in [-0.2, -0.15) is 0 Å². The van der Waals surface area contributed by atoms with Crippen LogP contribution in [0.2, 0.25) is 0 Å². The largest absolute Gasteiger partial charge is 0.396 e. The van der Waals surface area contributed by atoms with E-state index in [1.807, 2.05) is 0 Å². The summed E-state index contributed by atoms with van der Waals surface area (Å²) in [6, 6.07) is 9.14. The Morgan fingerprint density at radius 1 is 1.24 bits per heavy atom. The lowest BCUT2D eigenvalue weighted by Crippen LogP contribution is -2.36. The van der Waals surface area contributed by atoms with Crippen molar-refractivity contribution in [1.29, 1.82) is 0 Å². The third kappa shape index (κ3) is 2.91. The molecule has 25 heavy (non-hydrogen) atoms. The van der Waals surface area contributed by atoms with E-state index < -0.39 is 0 Å². The predicted molar refractivity (Wildman–Crippen MR) is 92.2 cm³/mol. The fraction of sp³-hybridized carbons (Fsp3) is 0.333. The summed E-state index contributed by atoms with van der Waals surface area (Å²) in [6.45, 7) is 1.50. The highest BCUT2D eigenvalue weighted by molar-refractivity contribution is 5.92. The second kappa shape index (κ2) is 6.00. The van der Waals surface area contributed by atoms with Crippen molar-refractivity contribution in [2.24, 2.45) is 17.8 Å². The number of nitrogen functional groups attached to an aromatic ring is 1. The molecule has 3 atom stereocenters. The molecule has 0 radical (unpaired) electrons. The molecule has 1 aliphatic carbocycles. The number of nitrogens with two attached hydrogens (primary N) is 1. The number of carbonyl (C=O) groups is 1. The number of aliphatic hydroxyl groups excluding tert-OH is 1. The van der Waals surface area contributed by atoms with Gasteiger partial charge in [0.25, 0.3) is 0 Å². The lowest BCUT2D eigenvalue weighted by molar-refractivity contribution is 0.203. The third-order valence-electron chi connectivity index (χ3n) is 5.16. The molecule has 2 aliphatic rings. The molecule has 1 aromatic heterocycles. The average molecular weight is 342 g/mol. The van der Waals surface area contributed by atoms with Crippen LogP contribution in [-0.4, -0.2) is 40.7 Å². The van der Waals surface area contributed by atoms with Gasteiger partial charge in [0, 0.05) is 25.3 Å². The van der Waals surface area contributed by atoms with Gasteiger partial charge in [-0.05, 0) is 54.2 Å². The summed E-state index contributed by atoms with van der Waals surface area (Å²) in [5.74, 6) is 1.14. The Hall–Kier alpha value is -2.67. The van der Waals surface area contributed by atoms with Crippen LogP contribution in [-0.2, 0) is 0 Å². The number of urea groups is 1. The quantitative estimate of drug-likeness (QED) is 0.797. The average Bonchev–Trinajstić information content (AvgIpc) is 3.08. The van der Waals surface area contributed by atoms with E-state index in [0.29, 0.717) is 48.0 Å². The summed E-state index contributed by atoms with van der Waals surface area (Å²) in [4.78, 5) is 18.6. The third-order valence-corrected chi connectivity index (χ3v) is 5.16. The Balaban J connectivity index is 1.48. The van der Waals surface area contributed by atoms with Gasteiger partial charge in [0.2, 0.25) is 0 Å². The molecule has 7 heteroatoms. The minimum atomic E-state index is -0.318. The van der Waals surface area contributed by atoms with Crippen molar-refractivity contribution in [3.05, 3.63) is 42.2 Å². The minimum absolute atomic E-state index is 0.193. The topological polar surface area (TPSA) is 91.5 Å². The van der Waals surface area contributed by atoms with Crippen molar-refractivity contribution in [1.82, 2.24) is 9.88 Å². The molecule has 4 N–H and O–H groups in total. The summed E-state index contributed by atoms with van der Waals surface area (Å²) in [6.07, 6.45) is 0. The summed E-state index contributed by atoms with van der Waals surface area (Å²) >= 11 is 0. The van der Waals surface area contributed by atoms with Crippen molar-refractivity contribution in [2.45, 2.75) is 0 Å². The zero-order valence-electron chi connectivity index (χ0n) is 13.5. The summed E-state index contributed by atoms with van der Waals surface area (Å²) in [5.41, 5.74) is 7.65. The van der Waals surface area contributed by atoms with Gasteiger partial charge in [0.05, 0.1) is 11.4 Å². The number of halogens is 1. The molecule has 4 rings (SSSR count). The maximum atomic E-state index is 13.1. The van der Waals surface area contributed by atoms with Gasteiger partial charge in [0.15, 0.2) is 5.82 Å². The Labute approximate surface area is 144 Å². The number of rotatable bonds is 3. The van der Waals surface area contributed by atoms with Gasteiger partial charge >= 0.3 is 6.03 Å². The predicted octanol–water partition coefficient (Wildman–Crippen LogP) is 2.17. The fourth-order valence-corrected chi connectivity index (χ4v) is 3.62. The van der Waals surface area contributed by atoms with E-state index in [1.165, 1.54) is 12.1 Å². The standard InChI is InChI=1S/C18H19FN4O2/c19-11-3-1-10(2-4-11)16-6-5-15(20)17(21-16)22-18(25)23-7-12-13(8-23)14(12)9-24/h1-6,12-14,24H,7-9,20H2,(H,21,22,25)/t12-,13+,14?. The van der Waals surface area contributed by atoms with Crippen LogP contribution in [0, 0.1) is 23.6 Å². The molecular formula is C18H19FN4O2. The van der Waals surface area contributed by atoms with Gasteiger partial charge in [-0.15, -0.1) is 0 Å². The Kier molecular flexibility index (Phi) is 3.80. The first-order chi connectivity index (χ1) is 12.1. The molecule has 0 bridgehead atoms. The number of aliphatic hydroxyl groups is 1. The van der Waals surface area contributed by atoms with Crippen molar-refractivity contribution < 1.29 is 14.3 Å². The van der Waals surface area contributed by atoms with Crippen molar-refractivity contribution in [3.8, 4) is 11.3 Å². The zero-order valence-corrected chi connectivity index (χ0v) is 13.5. The number of amides is 2. The Bertz CT molecular complexity index is 799. The molecule has 2 heterocycles. The van der Waals surface area contributed by atoms with E-state index in [-0.39, 0.29) is 18.5 Å².